The molecule has 12 heteroatoms. The number of halogens is 4. The van der Waals surface area contributed by atoms with Crippen LogP contribution in [0.25, 0.3) is 55.6 Å². The summed E-state index contributed by atoms with van der Waals surface area (Å²) in [6.07, 6.45) is 7.39. The van der Waals surface area contributed by atoms with E-state index < -0.39 is 11.2 Å². The molecule has 0 radical (unpaired) electrons. The third-order valence-corrected chi connectivity index (χ3v) is 28.9. The average Bonchev–Trinajstić information content (AvgIpc) is 1.05. The number of rotatable bonds is 3. The fourth-order valence-electron chi connectivity index (χ4n) is 20.1. The van der Waals surface area contributed by atoms with Gasteiger partial charge in [-0.15, -0.1) is 11.1 Å². The van der Waals surface area contributed by atoms with Crippen molar-refractivity contribution in [1.29, 1.82) is 0 Å². The van der Waals surface area contributed by atoms with Crippen molar-refractivity contribution >= 4 is 75.3 Å². The molecule has 2 heterocycles. The molecule has 6 nitrogen and oxygen atoms in total. The van der Waals surface area contributed by atoms with Gasteiger partial charge in [0.1, 0.15) is 11.2 Å². The quantitative estimate of drug-likeness (QED) is 0.135. The topological polar surface area (TPSA) is 93.1 Å². The molecule has 2 fully saturated rings. The molecule has 0 amide bonds. The fraction of sp³-hybridized carbons (Fsp3) is 0.243. The van der Waals surface area contributed by atoms with Crippen LogP contribution in [0.2, 0.25) is 0 Å². The Morgan fingerprint density at radius 1 is 0.291 bits per heavy atom. The van der Waals surface area contributed by atoms with E-state index in [1.54, 1.807) is 42.5 Å². The molecule has 2 atom stereocenters. The Labute approximate surface area is 809 Å². The van der Waals surface area contributed by atoms with E-state index in [2.05, 4.69) is 359 Å². The van der Waals surface area contributed by atoms with Crippen molar-refractivity contribution in [2.24, 2.45) is 0 Å². The second kappa shape index (κ2) is 38.4. The zero-order valence-electron chi connectivity index (χ0n) is 75.1. The number of hydrogen-bond acceptors (Lipinski definition) is 6. The van der Waals surface area contributed by atoms with E-state index in [0.29, 0.717) is 44.5 Å². The molecular formula is C115H106Br4Li2O6. The third-order valence-electron chi connectivity index (χ3n) is 26.9. The molecule has 632 valence electrons. The van der Waals surface area contributed by atoms with Gasteiger partial charge in [-0.25, -0.2) is 0 Å². The number of hydrogen-bond donors (Lipinski definition) is 2. The summed E-state index contributed by atoms with van der Waals surface area (Å²) in [4.78, 5) is 24.4. The Kier molecular flexibility index (Phi) is 28.6. The van der Waals surface area contributed by atoms with Gasteiger partial charge in [0.15, 0.2) is 11.6 Å². The smallest absolute Gasteiger partial charge is 0.381 e. The van der Waals surface area contributed by atoms with Crippen LogP contribution in [0.3, 0.4) is 0 Å². The van der Waals surface area contributed by atoms with E-state index in [9.17, 15) is 19.8 Å². The summed E-state index contributed by atoms with van der Waals surface area (Å²) in [6.45, 7) is 32.5. The summed E-state index contributed by atoms with van der Waals surface area (Å²) >= 11 is 14.2. The van der Waals surface area contributed by atoms with Gasteiger partial charge in [-0.3, -0.25) is 9.59 Å². The number of ketones is 2. The van der Waals surface area contributed by atoms with Crippen LogP contribution in [-0.4, -0.2) is 48.2 Å². The molecule has 2 aliphatic heterocycles. The summed E-state index contributed by atoms with van der Waals surface area (Å²) in [6, 6.07) is 105. The van der Waals surface area contributed by atoms with E-state index in [1.807, 2.05) is 48.5 Å². The van der Waals surface area contributed by atoms with Crippen molar-refractivity contribution < 1.29 is 67.0 Å². The van der Waals surface area contributed by atoms with Crippen LogP contribution in [0.4, 0.5) is 0 Å². The summed E-state index contributed by atoms with van der Waals surface area (Å²) in [5.74, 6) is -0.167. The summed E-state index contributed by atoms with van der Waals surface area (Å²) in [5, 5.41) is 26.6. The molecule has 14 aromatic carbocycles. The van der Waals surface area contributed by atoms with Gasteiger partial charge in [0, 0.05) is 93.8 Å². The molecule has 0 spiro atoms. The first-order chi connectivity index (χ1) is 60.0. The molecular weight excluding hydrogens is 1810 g/mol. The SMILES string of the molecule is C1CCOC1.C1CCOC1.CC1(C)c2c[c-]ccc2-c2ccccc21.CC1(C)c2ccccc2-c2ccc(Br)cc21.CC1(C)c2ccccc2-c2ccc(Br)cc21.CC1(C)c2ccccc2-c2ccc(C3(O)c4ccccc4C(O)(c4ccc5c(c4)C(C)(C)c4ccccc4-5)c4cc(Br)ccc43)cc21.O=C1c2ccccc2C(=O)c2cc(Br)ccc21.[CH2-]CCC.[Li+].[Li+]. The first-order valence-electron chi connectivity index (χ1n) is 43.7. The largest absolute Gasteiger partial charge is 1.00 e. The number of fused-ring (bicyclic) bond motifs is 19. The van der Waals surface area contributed by atoms with Gasteiger partial charge in [0.05, 0.1) is 0 Å². The van der Waals surface area contributed by atoms with Gasteiger partial charge in [-0.05, 0) is 214 Å². The minimum Gasteiger partial charge on any atom is -0.381 e. The zero-order valence-corrected chi connectivity index (χ0v) is 81.5. The molecule has 0 saturated carbocycles. The monoisotopic (exact) mass is 1910 g/mol. The van der Waals surface area contributed by atoms with Crippen LogP contribution in [0.1, 0.15) is 236 Å². The van der Waals surface area contributed by atoms with Crippen LogP contribution in [0.15, 0.2) is 315 Å². The fourth-order valence-corrected chi connectivity index (χ4v) is 21.5. The van der Waals surface area contributed by atoms with Crippen LogP contribution in [0, 0.1) is 13.0 Å². The second-order valence-electron chi connectivity index (χ2n) is 36.3. The predicted octanol–water partition coefficient (Wildman–Crippen LogP) is 23.7. The molecule has 7 aliphatic carbocycles. The van der Waals surface area contributed by atoms with Crippen LogP contribution in [0.5, 0.6) is 0 Å². The minimum atomic E-state index is -1.51. The number of benzene rings is 14. The number of ether oxygens (including phenoxy) is 2. The van der Waals surface area contributed by atoms with Gasteiger partial charge in [0.2, 0.25) is 0 Å². The van der Waals surface area contributed by atoms with Crippen molar-refractivity contribution in [3.63, 3.8) is 0 Å². The first kappa shape index (κ1) is 94.5. The second-order valence-corrected chi connectivity index (χ2v) is 39.9. The Bertz CT molecular complexity index is 6310. The van der Waals surface area contributed by atoms with Crippen molar-refractivity contribution in [3.8, 4) is 55.6 Å². The molecule has 2 unspecified atom stereocenters. The van der Waals surface area contributed by atoms with Gasteiger partial charge < -0.3 is 26.6 Å². The maximum atomic E-state index is 13.3. The van der Waals surface area contributed by atoms with E-state index >= 15 is 0 Å². The van der Waals surface area contributed by atoms with E-state index in [4.69, 9.17) is 9.47 Å². The first-order valence-corrected chi connectivity index (χ1v) is 46.9. The van der Waals surface area contributed by atoms with E-state index in [0.717, 1.165) is 61.9 Å². The van der Waals surface area contributed by atoms with Crippen LogP contribution >= 0.6 is 63.7 Å². The van der Waals surface area contributed by atoms with Gasteiger partial charge in [-0.1, -0.05) is 371 Å². The van der Waals surface area contributed by atoms with E-state index in [1.165, 1.54) is 143 Å². The summed E-state index contributed by atoms with van der Waals surface area (Å²) < 4.78 is 13.9. The minimum absolute atomic E-state index is 0. The zero-order chi connectivity index (χ0) is 88.1. The average molecular weight is 1920 g/mol. The Morgan fingerprint density at radius 2 is 0.535 bits per heavy atom. The molecule has 2 saturated heterocycles. The molecule has 9 aliphatic rings. The Morgan fingerprint density at radius 3 is 0.882 bits per heavy atom. The summed E-state index contributed by atoms with van der Waals surface area (Å²) in [7, 11) is 0. The molecule has 127 heavy (non-hydrogen) atoms. The van der Waals surface area contributed by atoms with Crippen molar-refractivity contribution in [3.05, 3.63) is 439 Å². The standard InChI is InChI=1S/C44H35BrO2.2C15H13Br.C15H13.C14H7BrO2.2C4H8O.C4H9.2Li/c1-41(2)33-13-7-5-11-29(33)31-20-17-26(23-38(31)41)43(46)35-15-9-10-16-36(35)44(47,40-25-28(45)19-22-37(40)43)27-18-21-32-30-12-6-8-14-34(30)42(3,4)39(32)24-27;2*1-15(2)13-6-4-3-5-11(13)12-8-7-10(16)9-14(12)15;1-15(2)13-9-5-3-7-11(13)12-8-4-6-10-14(12)15;15-8-5-6-11-12(7-8)14(17)10-4-2-1-3-9(10)13(11)16;2*1-2-4-5-3-1;1-3-4-2;;/h5-25,46-47H,1-4H3;2*3-9H,1-2H3;3-5,7-10H,1-2H3;1-7H;2*1-4H2;1,3-4H2,2H3;;/q;;;-1;;;;-1;2*+1. The number of carbonyl (C=O) groups is 2. The molecule has 0 bridgehead atoms. The summed E-state index contributed by atoms with van der Waals surface area (Å²) in [5.41, 5.74) is 29.9. The van der Waals surface area contributed by atoms with Crippen LogP contribution in [-0.2, 0) is 47.8 Å². The van der Waals surface area contributed by atoms with Gasteiger partial charge in [0.25, 0.3) is 0 Å². The number of unbranched alkanes of at least 4 members (excludes halogenated alkanes) is 1. The maximum Gasteiger partial charge on any atom is 1.00 e. The number of aliphatic hydroxyl groups is 2. The van der Waals surface area contributed by atoms with Crippen LogP contribution < -0.4 is 37.7 Å². The van der Waals surface area contributed by atoms with Gasteiger partial charge >= 0.3 is 37.7 Å². The molecule has 14 aromatic rings. The predicted molar refractivity (Wildman–Crippen MR) is 527 cm³/mol. The van der Waals surface area contributed by atoms with Gasteiger partial charge in [-0.2, -0.15) is 30.7 Å². The molecule has 23 rings (SSSR count). The van der Waals surface area contributed by atoms with E-state index in [-0.39, 0.29) is 76.4 Å². The van der Waals surface area contributed by atoms with Crippen molar-refractivity contribution in [2.45, 2.75) is 153 Å². The van der Waals surface area contributed by atoms with Crippen molar-refractivity contribution in [2.75, 3.05) is 26.4 Å². The molecule has 0 aromatic heterocycles. The third kappa shape index (κ3) is 17.3. The molecule has 2 N–H and O–H groups in total. The maximum absolute atomic E-state index is 13.3. The Balaban J connectivity index is 0.000000135. The van der Waals surface area contributed by atoms with Crippen molar-refractivity contribution in [1.82, 2.24) is 0 Å². The normalized spacial score (nSPS) is 17.9. The Hall–Kier alpha value is -8.63. The number of carbonyl (C=O) groups excluding carboxylic acids is 2.